The molecule has 0 heterocycles. The van der Waals surface area contributed by atoms with E-state index in [0.29, 0.717) is 17.7 Å². The van der Waals surface area contributed by atoms with E-state index in [1.165, 1.54) is 0 Å². The molecule has 74 valence electrons. The molecule has 3 nitrogen and oxygen atoms in total. The highest BCUT2D eigenvalue weighted by molar-refractivity contribution is 5.94. The molecule has 0 unspecified atom stereocenters. The summed E-state index contributed by atoms with van der Waals surface area (Å²) in [5.74, 6) is 0.0552. The van der Waals surface area contributed by atoms with Crippen molar-refractivity contribution in [2.75, 3.05) is 6.61 Å². The minimum Gasteiger partial charge on any atom is -0.478 e. The molecule has 0 saturated heterocycles. The molecule has 0 aromatic heterocycles. The standard InChI is InChI=1S/C10H10N2O.ClH/c1-2-13-10(12)9-6-4-3-5-8(9)7-11;/h3-6,12H,2H2,1H3;1H. The van der Waals surface area contributed by atoms with E-state index in [-0.39, 0.29) is 18.3 Å². The number of halogens is 1. The molecule has 0 aliphatic carbocycles. The average molecular weight is 211 g/mol. The van der Waals surface area contributed by atoms with Crippen LogP contribution in [0.5, 0.6) is 0 Å². The summed E-state index contributed by atoms with van der Waals surface area (Å²) in [6.45, 7) is 2.25. The fraction of sp³-hybridized carbons (Fsp3) is 0.200. The summed E-state index contributed by atoms with van der Waals surface area (Å²) in [4.78, 5) is 0. The molecule has 0 saturated carbocycles. The zero-order valence-electron chi connectivity index (χ0n) is 7.78. The highest BCUT2D eigenvalue weighted by Gasteiger charge is 2.06. The van der Waals surface area contributed by atoms with Crippen molar-refractivity contribution in [3.63, 3.8) is 0 Å². The second-order valence-corrected chi connectivity index (χ2v) is 2.42. The van der Waals surface area contributed by atoms with Crippen molar-refractivity contribution >= 4 is 18.3 Å². The molecule has 14 heavy (non-hydrogen) atoms. The van der Waals surface area contributed by atoms with E-state index in [4.69, 9.17) is 15.4 Å². The smallest absolute Gasteiger partial charge is 0.214 e. The Morgan fingerprint density at radius 3 is 2.71 bits per heavy atom. The van der Waals surface area contributed by atoms with E-state index in [9.17, 15) is 0 Å². The van der Waals surface area contributed by atoms with Crippen LogP contribution in [-0.2, 0) is 4.74 Å². The van der Waals surface area contributed by atoms with Gasteiger partial charge in [0.2, 0.25) is 5.90 Å². The maximum absolute atomic E-state index is 8.73. The number of ether oxygens (including phenoxy) is 1. The summed E-state index contributed by atoms with van der Waals surface area (Å²) < 4.78 is 5.00. The Morgan fingerprint density at radius 2 is 2.14 bits per heavy atom. The predicted molar refractivity (Wildman–Crippen MR) is 56.9 cm³/mol. The number of nitrogens with one attached hydrogen (secondary N) is 1. The minimum absolute atomic E-state index is 0. The van der Waals surface area contributed by atoms with Gasteiger partial charge in [0.25, 0.3) is 0 Å². The van der Waals surface area contributed by atoms with Crippen molar-refractivity contribution in [2.45, 2.75) is 6.92 Å². The quantitative estimate of drug-likeness (QED) is 0.602. The molecule has 0 fully saturated rings. The fourth-order valence-electron chi connectivity index (χ4n) is 1.00. The van der Waals surface area contributed by atoms with Crippen molar-refractivity contribution < 1.29 is 4.74 Å². The minimum atomic E-state index is 0. The second kappa shape index (κ2) is 6.01. The molecule has 0 bridgehead atoms. The number of benzene rings is 1. The lowest BCUT2D eigenvalue weighted by Crippen LogP contribution is -2.06. The van der Waals surface area contributed by atoms with Crippen LogP contribution in [-0.4, -0.2) is 12.5 Å². The molecular weight excluding hydrogens is 200 g/mol. The highest BCUT2D eigenvalue weighted by Crippen LogP contribution is 2.08. The lowest BCUT2D eigenvalue weighted by Gasteiger charge is -2.05. The van der Waals surface area contributed by atoms with E-state index < -0.39 is 0 Å². The first-order valence-corrected chi connectivity index (χ1v) is 4.00. The molecule has 1 aromatic carbocycles. The van der Waals surface area contributed by atoms with Crippen molar-refractivity contribution in [1.29, 1.82) is 10.7 Å². The molecule has 1 rings (SSSR count). The van der Waals surface area contributed by atoms with Crippen LogP contribution in [0.15, 0.2) is 24.3 Å². The van der Waals surface area contributed by atoms with Gasteiger partial charge >= 0.3 is 0 Å². The Bertz CT molecular complexity index is 357. The normalized spacial score (nSPS) is 8.29. The summed E-state index contributed by atoms with van der Waals surface area (Å²) in [5.41, 5.74) is 1.02. The van der Waals surface area contributed by atoms with Crippen LogP contribution in [0.2, 0.25) is 0 Å². The molecule has 0 aliphatic heterocycles. The lowest BCUT2D eigenvalue weighted by molar-refractivity contribution is 0.325. The average Bonchev–Trinajstić information content (AvgIpc) is 2.18. The van der Waals surface area contributed by atoms with Gasteiger partial charge in [0.15, 0.2) is 0 Å². The maximum Gasteiger partial charge on any atom is 0.214 e. The van der Waals surface area contributed by atoms with Crippen molar-refractivity contribution in [3.8, 4) is 6.07 Å². The van der Waals surface area contributed by atoms with Crippen molar-refractivity contribution in [2.24, 2.45) is 0 Å². The van der Waals surface area contributed by atoms with Gasteiger partial charge < -0.3 is 4.74 Å². The van der Waals surface area contributed by atoms with Crippen LogP contribution in [0.1, 0.15) is 18.1 Å². The van der Waals surface area contributed by atoms with Gasteiger partial charge in [-0.2, -0.15) is 5.26 Å². The summed E-state index contributed by atoms with van der Waals surface area (Å²) in [6, 6.07) is 8.94. The fourth-order valence-corrected chi connectivity index (χ4v) is 1.00. The molecule has 0 spiro atoms. The third-order valence-corrected chi connectivity index (χ3v) is 1.58. The Kier molecular flexibility index (Phi) is 5.35. The highest BCUT2D eigenvalue weighted by atomic mass is 35.5. The first kappa shape index (κ1) is 12.5. The van der Waals surface area contributed by atoms with E-state index in [1.807, 2.05) is 13.0 Å². The van der Waals surface area contributed by atoms with Gasteiger partial charge in [0.1, 0.15) is 0 Å². The molecule has 1 N–H and O–H groups in total. The summed E-state index contributed by atoms with van der Waals surface area (Å²) in [5, 5.41) is 16.2. The van der Waals surface area contributed by atoms with Crippen LogP contribution in [0.3, 0.4) is 0 Å². The third-order valence-electron chi connectivity index (χ3n) is 1.58. The first-order chi connectivity index (χ1) is 6.29. The Morgan fingerprint density at radius 1 is 1.50 bits per heavy atom. The van der Waals surface area contributed by atoms with Gasteiger partial charge in [-0.15, -0.1) is 12.4 Å². The molecule has 4 heteroatoms. The van der Waals surface area contributed by atoms with E-state index in [2.05, 4.69) is 0 Å². The van der Waals surface area contributed by atoms with Crippen LogP contribution in [0.25, 0.3) is 0 Å². The van der Waals surface area contributed by atoms with Gasteiger partial charge in [-0.3, -0.25) is 5.41 Å². The molecule has 0 radical (unpaired) electrons. The van der Waals surface area contributed by atoms with Crippen molar-refractivity contribution in [3.05, 3.63) is 35.4 Å². The maximum atomic E-state index is 8.73. The number of rotatable bonds is 2. The first-order valence-electron chi connectivity index (χ1n) is 4.00. The van der Waals surface area contributed by atoms with Gasteiger partial charge in [-0.05, 0) is 19.1 Å². The zero-order chi connectivity index (χ0) is 9.68. The van der Waals surface area contributed by atoms with Gasteiger partial charge in [0.05, 0.1) is 23.8 Å². The molecule has 1 aromatic rings. The SMILES string of the molecule is CCOC(=N)c1ccccc1C#N.Cl. The Balaban J connectivity index is 0.00000169. The van der Waals surface area contributed by atoms with Gasteiger partial charge in [-0.25, -0.2) is 0 Å². The summed E-state index contributed by atoms with van der Waals surface area (Å²) in [7, 11) is 0. The number of hydrogen-bond donors (Lipinski definition) is 1. The predicted octanol–water partition coefficient (Wildman–Crippen LogP) is 2.34. The number of nitrogens with zero attached hydrogens (tertiary/aromatic N) is 1. The summed E-state index contributed by atoms with van der Waals surface area (Å²) in [6.07, 6.45) is 0. The molecule has 0 amide bonds. The molecular formula is C10H11ClN2O. The number of nitriles is 1. The van der Waals surface area contributed by atoms with Crippen LogP contribution >= 0.6 is 12.4 Å². The van der Waals surface area contributed by atoms with Crippen LogP contribution in [0.4, 0.5) is 0 Å². The third kappa shape index (κ3) is 2.75. The molecule has 0 aliphatic rings. The number of hydrogen-bond acceptors (Lipinski definition) is 3. The van der Waals surface area contributed by atoms with Crippen molar-refractivity contribution in [1.82, 2.24) is 0 Å². The van der Waals surface area contributed by atoms with E-state index in [1.54, 1.807) is 24.3 Å². The van der Waals surface area contributed by atoms with E-state index in [0.717, 1.165) is 0 Å². The molecule has 0 atom stereocenters. The van der Waals surface area contributed by atoms with Gasteiger partial charge in [-0.1, -0.05) is 12.1 Å². The largest absolute Gasteiger partial charge is 0.478 e. The summed E-state index contributed by atoms with van der Waals surface area (Å²) >= 11 is 0. The zero-order valence-corrected chi connectivity index (χ0v) is 8.60. The Labute approximate surface area is 89.2 Å². The van der Waals surface area contributed by atoms with Crippen LogP contribution < -0.4 is 0 Å². The Hall–Kier alpha value is -1.53. The lowest BCUT2D eigenvalue weighted by atomic mass is 10.1. The monoisotopic (exact) mass is 210 g/mol. The van der Waals surface area contributed by atoms with Gasteiger partial charge in [0, 0.05) is 0 Å². The van der Waals surface area contributed by atoms with Crippen LogP contribution in [0, 0.1) is 16.7 Å². The second-order valence-electron chi connectivity index (χ2n) is 2.42. The van der Waals surface area contributed by atoms with E-state index >= 15 is 0 Å². The topological polar surface area (TPSA) is 56.9 Å².